The molecule has 1 aliphatic heterocycles. The molecule has 100 valence electrons. The van der Waals surface area contributed by atoms with E-state index in [1.165, 1.54) is 12.8 Å². The Morgan fingerprint density at radius 3 is 2.83 bits per heavy atom. The molecular weight excluding hydrogens is 227 g/mol. The topological polar surface area (TPSA) is 29.3 Å². The Labute approximate surface area is 109 Å². The molecule has 2 atom stereocenters. The van der Waals surface area contributed by atoms with E-state index in [2.05, 4.69) is 11.8 Å². The van der Waals surface area contributed by atoms with Gasteiger partial charge in [0.15, 0.2) is 0 Å². The van der Waals surface area contributed by atoms with Crippen LogP contribution in [-0.2, 0) is 0 Å². The highest BCUT2D eigenvalue weighted by Gasteiger charge is 2.27. The molecule has 0 aromatic heterocycles. The molecule has 1 heterocycles. The van der Waals surface area contributed by atoms with E-state index in [4.69, 9.17) is 5.73 Å². The van der Waals surface area contributed by atoms with E-state index >= 15 is 0 Å². The molecule has 0 radical (unpaired) electrons. The van der Waals surface area contributed by atoms with Crippen LogP contribution in [0, 0.1) is 12.7 Å². The second-order valence-electron chi connectivity index (χ2n) is 5.24. The third-order valence-corrected chi connectivity index (χ3v) is 3.96. The maximum Gasteiger partial charge on any atom is 0.126 e. The molecule has 2 unspecified atom stereocenters. The number of hydrogen-bond donors (Lipinski definition) is 1. The fraction of sp³-hybridized carbons (Fsp3) is 0.600. The van der Waals surface area contributed by atoms with Gasteiger partial charge < -0.3 is 5.73 Å². The van der Waals surface area contributed by atoms with E-state index < -0.39 is 0 Å². The van der Waals surface area contributed by atoms with Gasteiger partial charge in [0, 0.05) is 12.1 Å². The largest absolute Gasteiger partial charge is 0.326 e. The number of nitrogens with zero attached hydrogens (tertiary/aromatic N) is 1. The van der Waals surface area contributed by atoms with E-state index in [-0.39, 0.29) is 17.9 Å². The Morgan fingerprint density at radius 2 is 2.17 bits per heavy atom. The molecule has 0 bridgehead atoms. The average molecular weight is 250 g/mol. The molecule has 18 heavy (non-hydrogen) atoms. The summed E-state index contributed by atoms with van der Waals surface area (Å²) in [7, 11) is 0. The van der Waals surface area contributed by atoms with Gasteiger partial charge in [-0.25, -0.2) is 4.39 Å². The van der Waals surface area contributed by atoms with E-state index in [0.717, 1.165) is 25.1 Å². The Hall–Kier alpha value is -0.930. The van der Waals surface area contributed by atoms with Crippen LogP contribution < -0.4 is 5.73 Å². The minimum Gasteiger partial charge on any atom is -0.326 e. The molecule has 1 fully saturated rings. The summed E-state index contributed by atoms with van der Waals surface area (Å²) >= 11 is 0. The molecule has 3 heteroatoms. The third-order valence-electron chi connectivity index (χ3n) is 3.96. The van der Waals surface area contributed by atoms with Crippen molar-refractivity contribution in [2.75, 3.05) is 13.1 Å². The van der Waals surface area contributed by atoms with Gasteiger partial charge in [-0.3, -0.25) is 4.90 Å². The van der Waals surface area contributed by atoms with Crippen LogP contribution >= 0.6 is 0 Å². The highest BCUT2D eigenvalue weighted by Crippen LogP contribution is 2.30. The Balaban J connectivity index is 2.33. The van der Waals surface area contributed by atoms with Gasteiger partial charge in [-0.1, -0.05) is 25.5 Å². The zero-order chi connectivity index (χ0) is 13.1. The number of benzene rings is 1. The molecular formula is C15H23FN2. The van der Waals surface area contributed by atoms with E-state index in [0.29, 0.717) is 5.56 Å². The quantitative estimate of drug-likeness (QED) is 0.874. The van der Waals surface area contributed by atoms with Gasteiger partial charge in [-0.05, 0) is 50.0 Å². The fourth-order valence-electron chi connectivity index (χ4n) is 2.93. The van der Waals surface area contributed by atoms with Crippen LogP contribution in [0.3, 0.4) is 0 Å². The highest BCUT2D eigenvalue weighted by molar-refractivity contribution is 5.28. The van der Waals surface area contributed by atoms with Crippen LogP contribution in [0.15, 0.2) is 18.2 Å². The van der Waals surface area contributed by atoms with Gasteiger partial charge in [0.1, 0.15) is 5.82 Å². The summed E-state index contributed by atoms with van der Waals surface area (Å²) in [4.78, 5) is 2.42. The van der Waals surface area contributed by atoms with Gasteiger partial charge >= 0.3 is 0 Å². The van der Waals surface area contributed by atoms with Crippen molar-refractivity contribution in [3.8, 4) is 0 Å². The SMILES string of the molecule is CCN1CCCCC(N)C1c1ccc(F)c(C)c1. The van der Waals surface area contributed by atoms with E-state index in [1.54, 1.807) is 6.07 Å². The molecule has 1 saturated heterocycles. The molecule has 0 saturated carbocycles. The summed E-state index contributed by atoms with van der Waals surface area (Å²) in [6, 6.07) is 5.79. The van der Waals surface area contributed by atoms with Crippen LogP contribution in [0.25, 0.3) is 0 Å². The monoisotopic (exact) mass is 250 g/mol. The minimum atomic E-state index is -0.135. The summed E-state index contributed by atoms with van der Waals surface area (Å²) in [6.07, 6.45) is 3.45. The minimum absolute atomic E-state index is 0.135. The zero-order valence-electron chi connectivity index (χ0n) is 11.3. The lowest BCUT2D eigenvalue weighted by Crippen LogP contribution is -2.39. The Kier molecular flexibility index (Phi) is 4.36. The Bertz CT molecular complexity index is 405. The predicted molar refractivity (Wildman–Crippen MR) is 73.0 cm³/mol. The number of rotatable bonds is 2. The molecule has 0 aliphatic carbocycles. The van der Waals surface area contributed by atoms with Crippen molar-refractivity contribution < 1.29 is 4.39 Å². The smallest absolute Gasteiger partial charge is 0.126 e. The molecule has 1 aromatic rings. The average Bonchev–Trinajstić information content (AvgIpc) is 2.54. The maximum atomic E-state index is 13.4. The lowest BCUT2D eigenvalue weighted by molar-refractivity contribution is 0.195. The van der Waals surface area contributed by atoms with Crippen molar-refractivity contribution in [1.29, 1.82) is 0 Å². The van der Waals surface area contributed by atoms with Gasteiger partial charge in [-0.15, -0.1) is 0 Å². The molecule has 0 amide bonds. The van der Waals surface area contributed by atoms with Gasteiger partial charge in [0.25, 0.3) is 0 Å². The van der Waals surface area contributed by atoms with Crippen molar-refractivity contribution in [3.05, 3.63) is 35.1 Å². The second kappa shape index (κ2) is 5.81. The first-order chi connectivity index (χ1) is 8.63. The number of nitrogens with two attached hydrogens (primary N) is 1. The first-order valence-corrected chi connectivity index (χ1v) is 6.89. The van der Waals surface area contributed by atoms with Gasteiger partial charge in [-0.2, -0.15) is 0 Å². The van der Waals surface area contributed by atoms with Crippen molar-refractivity contribution in [1.82, 2.24) is 4.90 Å². The second-order valence-corrected chi connectivity index (χ2v) is 5.24. The molecule has 2 rings (SSSR count). The van der Waals surface area contributed by atoms with Crippen LogP contribution in [-0.4, -0.2) is 24.0 Å². The van der Waals surface area contributed by atoms with Crippen LogP contribution in [0.4, 0.5) is 4.39 Å². The molecule has 1 aliphatic rings. The number of likely N-dealkylation sites (tertiary alicyclic amines) is 1. The summed E-state index contributed by atoms with van der Waals surface area (Å²) in [5.41, 5.74) is 8.20. The fourth-order valence-corrected chi connectivity index (χ4v) is 2.93. The first-order valence-electron chi connectivity index (χ1n) is 6.89. The summed E-state index contributed by atoms with van der Waals surface area (Å²) in [6.45, 7) is 6.07. The summed E-state index contributed by atoms with van der Waals surface area (Å²) < 4.78 is 13.4. The van der Waals surface area contributed by atoms with E-state index in [1.807, 2.05) is 19.1 Å². The van der Waals surface area contributed by atoms with Crippen molar-refractivity contribution in [3.63, 3.8) is 0 Å². The lowest BCUT2D eigenvalue weighted by atomic mass is 9.95. The standard InChI is InChI=1S/C15H23FN2/c1-3-18-9-5-4-6-14(17)15(18)12-7-8-13(16)11(2)10-12/h7-8,10,14-15H,3-6,9,17H2,1-2H3. The van der Waals surface area contributed by atoms with Crippen LogP contribution in [0.1, 0.15) is 43.4 Å². The van der Waals surface area contributed by atoms with Crippen LogP contribution in [0.5, 0.6) is 0 Å². The molecule has 2 N–H and O–H groups in total. The number of halogens is 1. The molecule has 2 nitrogen and oxygen atoms in total. The first kappa shape index (κ1) is 13.5. The number of hydrogen-bond acceptors (Lipinski definition) is 2. The van der Waals surface area contributed by atoms with Crippen LogP contribution in [0.2, 0.25) is 0 Å². The van der Waals surface area contributed by atoms with Crippen molar-refractivity contribution in [2.45, 2.75) is 45.2 Å². The Morgan fingerprint density at radius 1 is 1.39 bits per heavy atom. The van der Waals surface area contributed by atoms with Gasteiger partial charge in [0.2, 0.25) is 0 Å². The predicted octanol–water partition coefficient (Wildman–Crippen LogP) is 3.01. The third kappa shape index (κ3) is 2.73. The summed E-state index contributed by atoms with van der Waals surface area (Å²) in [5.74, 6) is -0.135. The maximum absolute atomic E-state index is 13.4. The number of aryl methyl sites for hydroxylation is 1. The normalized spacial score (nSPS) is 26.0. The zero-order valence-corrected chi connectivity index (χ0v) is 11.3. The summed E-state index contributed by atoms with van der Waals surface area (Å²) in [5, 5.41) is 0. The van der Waals surface area contributed by atoms with Crippen molar-refractivity contribution >= 4 is 0 Å². The van der Waals surface area contributed by atoms with E-state index in [9.17, 15) is 4.39 Å². The van der Waals surface area contributed by atoms with Gasteiger partial charge in [0.05, 0.1) is 0 Å². The lowest BCUT2D eigenvalue weighted by Gasteiger charge is -2.33. The molecule has 0 spiro atoms. The highest BCUT2D eigenvalue weighted by atomic mass is 19.1. The molecule has 1 aromatic carbocycles. The number of likely N-dealkylation sites (N-methyl/N-ethyl adjacent to an activating group) is 1. The van der Waals surface area contributed by atoms with Crippen molar-refractivity contribution in [2.24, 2.45) is 5.73 Å².